The molecule has 3 rings (SSSR count). The number of aromatic amines is 1. The number of para-hydroxylation sites is 1. The number of hydrogen-bond acceptors (Lipinski definition) is 2. The van der Waals surface area contributed by atoms with Crippen LogP contribution in [0.1, 0.15) is 44.6 Å². The molecule has 0 spiro atoms. The predicted molar refractivity (Wildman–Crippen MR) is 94.6 cm³/mol. The zero-order valence-corrected chi connectivity index (χ0v) is 14.1. The van der Waals surface area contributed by atoms with E-state index in [4.69, 9.17) is 0 Å². The molecule has 1 saturated carbocycles. The Hall–Kier alpha value is -2.30. The minimum Gasteiger partial charge on any atom is -0.361 e. The van der Waals surface area contributed by atoms with E-state index in [2.05, 4.69) is 15.6 Å². The lowest BCUT2D eigenvalue weighted by molar-refractivity contribution is -0.128. The summed E-state index contributed by atoms with van der Waals surface area (Å²) in [5, 5.41) is 7.02. The zero-order chi connectivity index (χ0) is 16.9. The van der Waals surface area contributed by atoms with Crippen molar-refractivity contribution in [3.63, 3.8) is 0 Å². The molecule has 1 aliphatic carbocycles. The number of hydrogen-bond donors (Lipinski definition) is 3. The molecule has 0 unspecified atom stereocenters. The molecule has 1 atom stereocenters. The summed E-state index contributed by atoms with van der Waals surface area (Å²) in [6.45, 7) is 1.45. The standard InChI is InChI=1S/C19H25N3O2/c1-13(23)21-18(19(24)22-15-7-3-2-4-8-15)11-14-12-20-17-10-6-5-9-16(14)17/h5-6,9-10,12,15,18,20H,2-4,7-8,11H2,1H3,(H,21,23)(H,22,24)/t18-/m1/s1. The van der Waals surface area contributed by atoms with Gasteiger partial charge in [-0.3, -0.25) is 9.59 Å². The number of fused-ring (bicyclic) bond motifs is 1. The van der Waals surface area contributed by atoms with Crippen LogP contribution >= 0.6 is 0 Å². The summed E-state index contributed by atoms with van der Waals surface area (Å²) in [4.78, 5) is 27.4. The molecule has 3 N–H and O–H groups in total. The van der Waals surface area contributed by atoms with Crippen molar-refractivity contribution >= 4 is 22.7 Å². The van der Waals surface area contributed by atoms with E-state index in [0.717, 1.165) is 42.1 Å². The molecule has 5 nitrogen and oxygen atoms in total. The maximum absolute atomic E-state index is 12.7. The second-order valence-corrected chi connectivity index (χ2v) is 6.66. The van der Waals surface area contributed by atoms with Crippen LogP contribution in [0, 0.1) is 0 Å². The third kappa shape index (κ3) is 3.96. The van der Waals surface area contributed by atoms with E-state index >= 15 is 0 Å². The second-order valence-electron chi connectivity index (χ2n) is 6.66. The molecular weight excluding hydrogens is 302 g/mol. The van der Waals surface area contributed by atoms with Gasteiger partial charge in [0.25, 0.3) is 0 Å². The van der Waals surface area contributed by atoms with Crippen LogP contribution in [-0.2, 0) is 16.0 Å². The third-order valence-corrected chi connectivity index (χ3v) is 4.74. The van der Waals surface area contributed by atoms with Crippen molar-refractivity contribution in [3.8, 4) is 0 Å². The molecule has 0 radical (unpaired) electrons. The minimum atomic E-state index is -0.538. The van der Waals surface area contributed by atoms with Crippen molar-refractivity contribution in [2.75, 3.05) is 0 Å². The summed E-state index contributed by atoms with van der Waals surface area (Å²) < 4.78 is 0. The van der Waals surface area contributed by atoms with Gasteiger partial charge in [0.15, 0.2) is 0 Å². The lowest BCUT2D eigenvalue weighted by Crippen LogP contribution is -2.50. The maximum atomic E-state index is 12.7. The van der Waals surface area contributed by atoms with Gasteiger partial charge < -0.3 is 15.6 Å². The van der Waals surface area contributed by atoms with Crippen LogP contribution in [0.25, 0.3) is 10.9 Å². The molecule has 1 aromatic carbocycles. The Morgan fingerprint density at radius 3 is 2.71 bits per heavy atom. The highest BCUT2D eigenvalue weighted by molar-refractivity contribution is 5.89. The van der Waals surface area contributed by atoms with Gasteiger partial charge in [-0.15, -0.1) is 0 Å². The number of benzene rings is 1. The van der Waals surface area contributed by atoms with Gasteiger partial charge in [0.2, 0.25) is 11.8 Å². The smallest absolute Gasteiger partial charge is 0.243 e. The highest BCUT2D eigenvalue weighted by atomic mass is 16.2. The third-order valence-electron chi connectivity index (χ3n) is 4.74. The Morgan fingerprint density at radius 1 is 1.21 bits per heavy atom. The van der Waals surface area contributed by atoms with Crippen LogP contribution in [0.15, 0.2) is 30.5 Å². The molecule has 0 bridgehead atoms. The fourth-order valence-corrected chi connectivity index (χ4v) is 3.52. The van der Waals surface area contributed by atoms with E-state index in [9.17, 15) is 9.59 Å². The van der Waals surface area contributed by atoms with Crippen LogP contribution in [0.5, 0.6) is 0 Å². The number of H-pyrrole nitrogens is 1. The number of nitrogens with one attached hydrogen (secondary N) is 3. The minimum absolute atomic E-state index is 0.0811. The SMILES string of the molecule is CC(=O)N[C@H](Cc1c[nH]c2ccccc12)C(=O)NC1CCCCC1. The Kier molecular flexibility index (Phi) is 5.18. The molecule has 1 heterocycles. The van der Waals surface area contributed by atoms with Gasteiger partial charge in [-0.25, -0.2) is 0 Å². The fraction of sp³-hybridized carbons (Fsp3) is 0.474. The first-order valence-corrected chi connectivity index (χ1v) is 8.76. The summed E-state index contributed by atoms with van der Waals surface area (Å²) in [6, 6.07) is 7.70. The number of amides is 2. The van der Waals surface area contributed by atoms with Gasteiger partial charge in [0, 0.05) is 36.5 Å². The van der Waals surface area contributed by atoms with Crippen molar-refractivity contribution < 1.29 is 9.59 Å². The van der Waals surface area contributed by atoms with Crippen molar-refractivity contribution in [2.24, 2.45) is 0 Å². The van der Waals surface area contributed by atoms with Crippen LogP contribution in [0.4, 0.5) is 0 Å². The number of carbonyl (C=O) groups excluding carboxylic acids is 2. The largest absolute Gasteiger partial charge is 0.361 e. The number of rotatable bonds is 5. The highest BCUT2D eigenvalue weighted by Crippen LogP contribution is 2.20. The summed E-state index contributed by atoms with van der Waals surface area (Å²) in [5.74, 6) is -0.263. The molecule has 2 aromatic rings. The van der Waals surface area contributed by atoms with Crippen molar-refractivity contribution in [3.05, 3.63) is 36.0 Å². The molecule has 128 valence electrons. The van der Waals surface area contributed by atoms with E-state index in [-0.39, 0.29) is 17.9 Å². The quantitative estimate of drug-likeness (QED) is 0.790. The molecule has 5 heteroatoms. The van der Waals surface area contributed by atoms with E-state index in [1.54, 1.807) is 0 Å². The predicted octanol–water partition coefficient (Wildman–Crippen LogP) is 2.66. The summed E-state index contributed by atoms with van der Waals surface area (Å²) >= 11 is 0. The lowest BCUT2D eigenvalue weighted by atomic mass is 9.95. The Bertz CT molecular complexity index is 716. The molecule has 1 aliphatic rings. The summed E-state index contributed by atoms with van der Waals surface area (Å²) in [5.41, 5.74) is 2.09. The molecule has 2 amide bonds. The first kappa shape index (κ1) is 16.6. The van der Waals surface area contributed by atoms with Crippen LogP contribution < -0.4 is 10.6 Å². The second kappa shape index (κ2) is 7.51. The average Bonchev–Trinajstić information content (AvgIpc) is 2.98. The van der Waals surface area contributed by atoms with Gasteiger partial charge in [-0.05, 0) is 24.5 Å². The molecule has 1 fully saturated rings. The summed E-state index contributed by atoms with van der Waals surface area (Å²) in [7, 11) is 0. The van der Waals surface area contributed by atoms with E-state index < -0.39 is 6.04 Å². The van der Waals surface area contributed by atoms with Crippen LogP contribution in [-0.4, -0.2) is 28.9 Å². The average molecular weight is 327 g/mol. The van der Waals surface area contributed by atoms with Gasteiger partial charge in [-0.1, -0.05) is 37.5 Å². The Labute approximate surface area is 142 Å². The van der Waals surface area contributed by atoms with E-state index in [1.807, 2.05) is 30.5 Å². The lowest BCUT2D eigenvalue weighted by Gasteiger charge is -2.25. The van der Waals surface area contributed by atoms with Crippen molar-refractivity contribution in [1.29, 1.82) is 0 Å². The highest BCUT2D eigenvalue weighted by Gasteiger charge is 2.24. The van der Waals surface area contributed by atoms with Gasteiger partial charge in [0.05, 0.1) is 0 Å². The fourth-order valence-electron chi connectivity index (χ4n) is 3.52. The first-order chi connectivity index (χ1) is 11.6. The van der Waals surface area contributed by atoms with E-state index in [0.29, 0.717) is 6.42 Å². The number of aromatic nitrogens is 1. The first-order valence-electron chi connectivity index (χ1n) is 8.76. The number of carbonyl (C=O) groups is 2. The summed E-state index contributed by atoms with van der Waals surface area (Å²) in [6.07, 6.45) is 8.06. The van der Waals surface area contributed by atoms with Crippen LogP contribution in [0.2, 0.25) is 0 Å². The van der Waals surface area contributed by atoms with Crippen molar-refractivity contribution in [1.82, 2.24) is 15.6 Å². The maximum Gasteiger partial charge on any atom is 0.243 e. The topological polar surface area (TPSA) is 74.0 Å². The van der Waals surface area contributed by atoms with E-state index in [1.165, 1.54) is 13.3 Å². The van der Waals surface area contributed by atoms with Crippen LogP contribution in [0.3, 0.4) is 0 Å². The van der Waals surface area contributed by atoms with Crippen molar-refractivity contribution in [2.45, 2.75) is 57.5 Å². The normalized spacial score (nSPS) is 16.7. The van der Waals surface area contributed by atoms with Gasteiger partial charge in [-0.2, -0.15) is 0 Å². The monoisotopic (exact) mass is 327 g/mol. The zero-order valence-electron chi connectivity index (χ0n) is 14.1. The Balaban J connectivity index is 1.73. The van der Waals surface area contributed by atoms with Gasteiger partial charge >= 0.3 is 0 Å². The molecule has 1 aromatic heterocycles. The molecular formula is C19H25N3O2. The Morgan fingerprint density at radius 2 is 1.96 bits per heavy atom. The molecule has 0 saturated heterocycles. The van der Waals surface area contributed by atoms with Gasteiger partial charge in [0.1, 0.15) is 6.04 Å². The molecule has 24 heavy (non-hydrogen) atoms. The molecule has 0 aliphatic heterocycles.